The van der Waals surface area contributed by atoms with Crippen LogP contribution in [0.3, 0.4) is 0 Å². The molecule has 0 saturated carbocycles. The number of aryl methyl sites for hydroxylation is 1. The fourth-order valence-electron chi connectivity index (χ4n) is 1.44. The van der Waals surface area contributed by atoms with Crippen molar-refractivity contribution in [1.29, 1.82) is 0 Å². The summed E-state index contributed by atoms with van der Waals surface area (Å²) in [6.07, 6.45) is 2.15. The molecule has 3 heteroatoms. The molecule has 0 spiro atoms. The smallest absolute Gasteiger partial charge is 0.0801 e. The fraction of sp³-hybridized carbons (Fsp3) is 0.200. The summed E-state index contributed by atoms with van der Waals surface area (Å²) >= 11 is 6.16. The number of thioether (sulfide) groups is 1. The van der Waals surface area contributed by atoms with Crippen LogP contribution in [0.5, 0.6) is 0 Å². The zero-order chi connectivity index (χ0) is 9.42. The Hall–Kier alpha value is 0.260. The highest BCUT2D eigenvalue weighted by atomic mass is 127. The lowest BCUT2D eigenvalue weighted by molar-refractivity contribution is 1.49. The van der Waals surface area contributed by atoms with Crippen molar-refractivity contribution in [2.45, 2.75) is 11.8 Å². The number of fused-ring (bicyclic) bond motifs is 1. The van der Waals surface area contributed by atoms with Crippen LogP contribution in [0.2, 0.25) is 0 Å². The van der Waals surface area contributed by atoms with E-state index in [-0.39, 0.29) is 0 Å². The van der Waals surface area contributed by atoms with E-state index in [2.05, 4.69) is 54.0 Å². The largest absolute Gasteiger partial charge is 0.128 e. The molecule has 0 aliphatic heterocycles. The van der Waals surface area contributed by atoms with Gasteiger partial charge in [0.2, 0.25) is 0 Å². The van der Waals surface area contributed by atoms with Crippen LogP contribution in [-0.2, 0) is 0 Å². The molecule has 0 N–H and O–H groups in total. The van der Waals surface area contributed by atoms with E-state index in [1.54, 1.807) is 0 Å². The van der Waals surface area contributed by atoms with Gasteiger partial charge >= 0.3 is 0 Å². The van der Waals surface area contributed by atoms with Gasteiger partial charge in [0.15, 0.2) is 0 Å². The van der Waals surface area contributed by atoms with Gasteiger partial charge in [0.05, 0.1) is 2.88 Å². The third-order valence-corrected chi connectivity index (χ3v) is 5.50. The van der Waals surface area contributed by atoms with Crippen LogP contribution in [-0.4, -0.2) is 6.26 Å². The molecular formula is C10H9IS2. The molecule has 2 aromatic rings. The van der Waals surface area contributed by atoms with Crippen LogP contribution in [0.4, 0.5) is 0 Å². The van der Waals surface area contributed by atoms with Gasteiger partial charge in [-0.25, -0.2) is 0 Å². The van der Waals surface area contributed by atoms with Gasteiger partial charge in [0.25, 0.3) is 0 Å². The Kier molecular flexibility index (Phi) is 2.86. The molecule has 0 radical (unpaired) electrons. The summed E-state index contributed by atoms with van der Waals surface area (Å²) in [6, 6.07) is 6.52. The normalized spacial score (nSPS) is 11.0. The second kappa shape index (κ2) is 3.79. The number of benzene rings is 1. The summed E-state index contributed by atoms with van der Waals surface area (Å²) in [5.41, 5.74) is 1.39. The molecule has 1 aromatic heterocycles. The minimum Gasteiger partial charge on any atom is -0.128 e. The Balaban J connectivity index is 2.88. The van der Waals surface area contributed by atoms with E-state index in [0.29, 0.717) is 0 Å². The van der Waals surface area contributed by atoms with Gasteiger partial charge in [-0.3, -0.25) is 0 Å². The SMILES string of the molecule is CSc1c(I)sc2cccc(C)c12. The summed E-state index contributed by atoms with van der Waals surface area (Å²) in [6.45, 7) is 2.19. The zero-order valence-electron chi connectivity index (χ0n) is 7.43. The van der Waals surface area contributed by atoms with Crippen LogP contribution in [0.25, 0.3) is 10.1 Å². The highest BCUT2D eigenvalue weighted by molar-refractivity contribution is 14.1. The lowest BCUT2D eigenvalue weighted by atomic mass is 10.2. The lowest BCUT2D eigenvalue weighted by Gasteiger charge is -1.98. The van der Waals surface area contributed by atoms with Crippen LogP contribution >= 0.6 is 45.7 Å². The van der Waals surface area contributed by atoms with Gasteiger partial charge < -0.3 is 0 Å². The summed E-state index contributed by atoms with van der Waals surface area (Å²) in [4.78, 5) is 1.44. The van der Waals surface area contributed by atoms with Crippen LogP contribution in [0.15, 0.2) is 23.1 Å². The molecule has 0 aliphatic carbocycles. The van der Waals surface area contributed by atoms with Crippen molar-refractivity contribution in [3.8, 4) is 0 Å². The number of halogens is 1. The van der Waals surface area contributed by atoms with E-state index in [0.717, 1.165) is 0 Å². The van der Waals surface area contributed by atoms with Crippen LogP contribution < -0.4 is 0 Å². The predicted octanol–water partition coefficient (Wildman–Crippen LogP) is 4.54. The fourth-order valence-corrected chi connectivity index (χ4v) is 5.06. The molecule has 0 saturated heterocycles. The summed E-state index contributed by atoms with van der Waals surface area (Å²) in [5, 5.41) is 1.45. The maximum atomic E-state index is 2.43. The van der Waals surface area contributed by atoms with Gasteiger partial charge in [0, 0.05) is 15.0 Å². The summed E-state index contributed by atoms with van der Waals surface area (Å²) in [7, 11) is 0. The van der Waals surface area contributed by atoms with Crippen molar-refractivity contribution in [2.75, 3.05) is 6.26 Å². The summed E-state index contributed by atoms with van der Waals surface area (Å²) in [5.74, 6) is 0. The van der Waals surface area contributed by atoms with E-state index in [9.17, 15) is 0 Å². The van der Waals surface area contributed by atoms with Crippen LogP contribution in [0.1, 0.15) is 5.56 Å². The van der Waals surface area contributed by atoms with Crippen molar-refractivity contribution < 1.29 is 0 Å². The molecule has 13 heavy (non-hydrogen) atoms. The van der Waals surface area contributed by atoms with Gasteiger partial charge in [-0.2, -0.15) is 0 Å². The minimum atomic E-state index is 1.39. The van der Waals surface area contributed by atoms with E-state index in [1.807, 2.05) is 23.1 Å². The molecule has 2 rings (SSSR count). The Morgan fingerprint density at radius 3 is 2.85 bits per heavy atom. The first kappa shape index (κ1) is 9.80. The van der Waals surface area contributed by atoms with Gasteiger partial charge in [-0.05, 0) is 47.4 Å². The molecule has 0 atom stereocenters. The average Bonchev–Trinajstić information content (AvgIpc) is 2.42. The first-order chi connectivity index (χ1) is 6.24. The first-order valence-corrected chi connectivity index (χ1v) is 7.07. The second-order valence-electron chi connectivity index (χ2n) is 2.86. The van der Waals surface area contributed by atoms with Crippen LogP contribution in [0, 0.1) is 9.81 Å². The minimum absolute atomic E-state index is 1.39. The highest BCUT2D eigenvalue weighted by Gasteiger charge is 2.10. The first-order valence-electron chi connectivity index (χ1n) is 3.95. The Morgan fingerprint density at radius 1 is 1.38 bits per heavy atom. The molecule has 68 valence electrons. The summed E-state index contributed by atoms with van der Waals surface area (Å²) < 4.78 is 2.82. The molecule has 1 heterocycles. The van der Waals surface area contributed by atoms with Gasteiger partial charge in [-0.1, -0.05) is 12.1 Å². The van der Waals surface area contributed by atoms with E-state index in [1.165, 1.54) is 23.4 Å². The maximum Gasteiger partial charge on any atom is 0.0801 e. The predicted molar refractivity (Wildman–Crippen MR) is 71.1 cm³/mol. The van der Waals surface area contributed by atoms with Gasteiger partial charge in [0.1, 0.15) is 0 Å². The second-order valence-corrected chi connectivity index (χ2v) is 6.54. The third kappa shape index (κ3) is 1.62. The van der Waals surface area contributed by atoms with E-state index in [4.69, 9.17) is 0 Å². The molecular weight excluding hydrogens is 311 g/mol. The maximum absolute atomic E-state index is 2.43. The molecule has 0 aliphatic rings. The van der Waals surface area contributed by atoms with Crippen molar-refractivity contribution in [3.63, 3.8) is 0 Å². The molecule has 0 amide bonds. The van der Waals surface area contributed by atoms with Crippen molar-refractivity contribution in [2.24, 2.45) is 0 Å². The monoisotopic (exact) mass is 320 g/mol. The third-order valence-electron chi connectivity index (χ3n) is 2.04. The Labute approximate surface area is 99.9 Å². The highest BCUT2D eigenvalue weighted by Crippen LogP contribution is 2.39. The molecule has 0 bridgehead atoms. The van der Waals surface area contributed by atoms with Crippen molar-refractivity contribution >= 4 is 55.8 Å². The topological polar surface area (TPSA) is 0 Å². The average molecular weight is 320 g/mol. The Bertz CT molecular complexity index is 445. The lowest BCUT2D eigenvalue weighted by Crippen LogP contribution is -1.74. The van der Waals surface area contributed by atoms with E-state index < -0.39 is 0 Å². The number of hydrogen-bond donors (Lipinski definition) is 0. The molecule has 0 unspecified atom stereocenters. The van der Waals surface area contributed by atoms with Gasteiger partial charge in [-0.15, -0.1) is 23.1 Å². The van der Waals surface area contributed by atoms with Crippen molar-refractivity contribution in [1.82, 2.24) is 0 Å². The van der Waals surface area contributed by atoms with Crippen molar-refractivity contribution in [3.05, 3.63) is 26.6 Å². The number of hydrogen-bond acceptors (Lipinski definition) is 2. The van der Waals surface area contributed by atoms with E-state index >= 15 is 0 Å². The Morgan fingerprint density at radius 2 is 2.15 bits per heavy atom. The zero-order valence-corrected chi connectivity index (χ0v) is 11.2. The molecule has 0 nitrogen and oxygen atoms in total. The molecule has 0 fully saturated rings. The number of thiophene rings is 1. The number of rotatable bonds is 1. The quantitative estimate of drug-likeness (QED) is 0.549. The molecule has 1 aromatic carbocycles. The standard InChI is InChI=1S/C10H9IS2/c1-6-4-3-5-7-8(6)9(12-2)10(11)13-7/h3-5H,1-2H3.